The number of aromatic nitrogens is 2. The Bertz CT molecular complexity index is 359. The molecule has 1 saturated carbocycles. The molecule has 0 spiro atoms. The van der Waals surface area contributed by atoms with Gasteiger partial charge in [-0.05, 0) is 24.3 Å². The topological polar surface area (TPSA) is 52.8 Å². The van der Waals surface area contributed by atoms with E-state index >= 15 is 0 Å². The van der Waals surface area contributed by atoms with E-state index in [1.807, 2.05) is 18.6 Å². The van der Waals surface area contributed by atoms with Crippen LogP contribution in [0.4, 0.5) is 5.95 Å². The zero-order chi connectivity index (χ0) is 10.7. The van der Waals surface area contributed by atoms with Crippen LogP contribution in [0.2, 0.25) is 0 Å². The lowest BCUT2D eigenvalue weighted by atomic mass is 10.0. The van der Waals surface area contributed by atoms with E-state index < -0.39 is 0 Å². The summed E-state index contributed by atoms with van der Waals surface area (Å²) in [6.07, 6.45) is 10.8. The van der Waals surface area contributed by atoms with Gasteiger partial charge >= 0.3 is 0 Å². The summed E-state index contributed by atoms with van der Waals surface area (Å²) in [7, 11) is 1.66. The van der Waals surface area contributed by atoms with Gasteiger partial charge in [0, 0.05) is 19.4 Å². The first-order valence-corrected chi connectivity index (χ1v) is 5.26. The Morgan fingerprint density at radius 2 is 1.93 bits per heavy atom. The quantitative estimate of drug-likeness (QED) is 0.544. The molecule has 1 heterocycles. The molecular formula is C11H14N4. The Morgan fingerprint density at radius 3 is 2.47 bits per heavy atom. The summed E-state index contributed by atoms with van der Waals surface area (Å²) in [4.78, 5) is 9.73. The molecule has 1 aromatic rings. The first-order valence-electron chi connectivity index (χ1n) is 5.26. The predicted molar refractivity (Wildman–Crippen MR) is 57.3 cm³/mol. The van der Waals surface area contributed by atoms with Crippen LogP contribution in [-0.2, 0) is 0 Å². The van der Waals surface area contributed by atoms with Gasteiger partial charge in [-0.15, -0.1) is 0 Å². The molecular weight excluding hydrogens is 188 g/mol. The van der Waals surface area contributed by atoms with Gasteiger partial charge in [-0.3, -0.25) is 4.90 Å². The van der Waals surface area contributed by atoms with Crippen LogP contribution in [0, 0.1) is 11.5 Å². The first-order chi connectivity index (χ1) is 7.31. The number of nitrogens with zero attached hydrogens (tertiary/aromatic N) is 4. The maximum atomic E-state index is 8.66. The van der Waals surface area contributed by atoms with E-state index in [1.165, 1.54) is 36.1 Å². The van der Waals surface area contributed by atoms with Crippen molar-refractivity contribution < 1.29 is 0 Å². The number of nitriles is 1. The van der Waals surface area contributed by atoms with Gasteiger partial charge in [0.1, 0.15) is 0 Å². The van der Waals surface area contributed by atoms with E-state index in [-0.39, 0.29) is 0 Å². The van der Waals surface area contributed by atoms with Crippen LogP contribution in [0.15, 0.2) is 12.4 Å². The molecule has 0 amide bonds. The van der Waals surface area contributed by atoms with Crippen molar-refractivity contribution in [1.82, 2.24) is 9.97 Å². The molecule has 2 rings (SSSR count). The van der Waals surface area contributed by atoms with Gasteiger partial charge in [-0.2, -0.15) is 5.26 Å². The Balaban J connectivity index is 2.13. The predicted octanol–water partition coefficient (Wildman–Crippen LogP) is 2.05. The average molecular weight is 202 g/mol. The van der Waals surface area contributed by atoms with Gasteiger partial charge in [0.2, 0.25) is 5.95 Å². The maximum absolute atomic E-state index is 8.66. The van der Waals surface area contributed by atoms with E-state index in [0.717, 1.165) is 0 Å². The molecule has 0 unspecified atom stereocenters. The highest BCUT2D eigenvalue weighted by Gasteiger charge is 2.17. The van der Waals surface area contributed by atoms with Gasteiger partial charge in [0.25, 0.3) is 0 Å². The second-order valence-electron chi connectivity index (χ2n) is 3.96. The lowest BCUT2D eigenvalue weighted by molar-refractivity contribution is 0.713. The van der Waals surface area contributed by atoms with Crippen molar-refractivity contribution in [3.63, 3.8) is 0 Å². The summed E-state index contributed by atoms with van der Waals surface area (Å²) in [5, 5.41) is 8.66. The highest BCUT2D eigenvalue weighted by Crippen LogP contribution is 2.33. The van der Waals surface area contributed by atoms with Crippen molar-refractivity contribution in [3.8, 4) is 6.19 Å². The minimum absolute atomic E-state index is 0.472. The largest absolute Gasteiger partial charge is 0.250 e. The van der Waals surface area contributed by atoms with Gasteiger partial charge in [0.05, 0.1) is 0 Å². The lowest BCUT2D eigenvalue weighted by Gasteiger charge is -2.10. The smallest absolute Gasteiger partial charge is 0.238 e. The van der Waals surface area contributed by atoms with E-state index in [0.29, 0.717) is 11.9 Å². The highest BCUT2D eigenvalue weighted by atomic mass is 15.2. The van der Waals surface area contributed by atoms with Crippen molar-refractivity contribution in [1.29, 1.82) is 5.26 Å². The molecule has 78 valence electrons. The summed E-state index contributed by atoms with van der Waals surface area (Å²) in [6, 6.07) is 0. The third kappa shape index (κ3) is 2.07. The molecule has 0 atom stereocenters. The molecule has 0 aromatic carbocycles. The number of hydrogen-bond acceptors (Lipinski definition) is 4. The van der Waals surface area contributed by atoms with Gasteiger partial charge in [-0.1, -0.05) is 12.8 Å². The van der Waals surface area contributed by atoms with E-state index in [9.17, 15) is 0 Å². The normalized spacial score (nSPS) is 16.3. The van der Waals surface area contributed by atoms with Crippen LogP contribution >= 0.6 is 0 Å². The van der Waals surface area contributed by atoms with Gasteiger partial charge in [-0.25, -0.2) is 9.97 Å². The van der Waals surface area contributed by atoms with Crippen molar-refractivity contribution >= 4 is 5.95 Å². The summed E-state index contributed by atoms with van der Waals surface area (Å²) in [5.41, 5.74) is 1.21. The minimum atomic E-state index is 0.472. The molecule has 0 radical (unpaired) electrons. The third-order valence-electron chi connectivity index (χ3n) is 2.93. The zero-order valence-corrected chi connectivity index (χ0v) is 8.85. The molecule has 4 nitrogen and oxygen atoms in total. The third-order valence-corrected chi connectivity index (χ3v) is 2.93. The highest BCUT2D eigenvalue weighted by molar-refractivity contribution is 5.34. The molecule has 4 heteroatoms. The SMILES string of the molecule is CN(C#N)c1ncc(C2CCCC2)cn1. The Labute approximate surface area is 89.6 Å². The van der Waals surface area contributed by atoms with E-state index in [2.05, 4.69) is 9.97 Å². The molecule has 0 aliphatic heterocycles. The van der Waals surface area contributed by atoms with Crippen LogP contribution < -0.4 is 4.90 Å². The Hall–Kier alpha value is -1.63. The van der Waals surface area contributed by atoms with Crippen LogP contribution in [0.1, 0.15) is 37.2 Å². The van der Waals surface area contributed by atoms with Gasteiger partial charge in [0.15, 0.2) is 6.19 Å². The fourth-order valence-corrected chi connectivity index (χ4v) is 2.02. The van der Waals surface area contributed by atoms with Crippen LogP contribution in [0.5, 0.6) is 0 Å². The lowest BCUT2D eigenvalue weighted by Crippen LogP contribution is -2.12. The van der Waals surface area contributed by atoms with Crippen LogP contribution in [0.25, 0.3) is 0 Å². The molecule has 1 fully saturated rings. The molecule has 0 N–H and O–H groups in total. The molecule has 0 saturated heterocycles. The van der Waals surface area contributed by atoms with Crippen molar-refractivity contribution in [2.45, 2.75) is 31.6 Å². The second-order valence-corrected chi connectivity index (χ2v) is 3.96. The van der Waals surface area contributed by atoms with Crippen LogP contribution in [-0.4, -0.2) is 17.0 Å². The van der Waals surface area contributed by atoms with E-state index in [1.54, 1.807) is 7.05 Å². The fourth-order valence-electron chi connectivity index (χ4n) is 2.02. The van der Waals surface area contributed by atoms with Gasteiger partial charge < -0.3 is 0 Å². The Morgan fingerprint density at radius 1 is 1.33 bits per heavy atom. The Kier molecular flexibility index (Phi) is 2.82. The van der Waals surface area contributed by atoms with E-state index in [4.69, 9.17) is 5.26 Å². The molecule has 1 aliphatic rings. The number of anilines is 1. The minimum Gasteiger partial charge on any atom is -0.250 e. The van der Waals surface area contributed by atoms with Crippen molar-refractivity contribution in [2.75, 3.05) is 11.9 Å². The number of rotatable bonds is 2. The van der Waals surface area contributed by atoms with Crippen molar-refractivity contribution in [3.05, 3.63) is 18.0 Å². The summed E-state index contributed by atoms with van der Waals surface area (Å²) in [5.74, 6) is 1.10. The average Bonchev–Trinajstić information content (AvgIpc) is 2.82. The molecule has 1 aliphatic carbocycles. The standard InChI is InChI=1S/C11H14N4/c1-15(8-12)11-13-6-10(7-14-11)9-4-2-3-5-9/h6-7,9H,2-5H2,1H3. The monoisotopic (exact) mass is 202 g/mol. The molecule has 15 heavy (non-hydrogen) atoms. The van der Waals surface area contributed by atoms with Crippen LogP contribution in [0.3, 0.4) is 0 Å². The maximum Gasteiger partial charge on any atom is 0.238 e. The summed E-state index contributed by atoms with van der Waals surface area (Å²) >= 11 is 0. The summed E-state index contributed by atoms with van der Waals surface area (Å²) in [6.45, 7) is 0. The molecule has 1 aromatic heterocycles. The van der Waals surface area contributed by atoms with Crippen molar-refractivity contribution in [2.24, 2.45) is 0 Å². The fraction of sp³-hybridized carbons (Fsp3) is 0.545. The first kappa shape index (κ1) is 9.91. The summed E-state index contributed by atoms with van der Waals surface area (Å²) < 4.78 is 0. The zero-order valence-electron chi connectivity index (χ0n) is 8.85. The molecule has 0 bridgehead atoms. The second kappa shape index (κ2) is 4.26. The number of hydrogen-bond donors (Lipinski definition) is 0.